The fourth-order valence-electron chi connectivity index (χ4n) is 3.65. The van der Waals surface area contributed by atoms with Crippen LogP contribution in [0.4, 0.5) is 0 Å². The van der Waals surface area contributed by atoms with Crippen LogP contribution in [0.5, 0.6) is 0 Å². The Morgan fingerprint density at radius 1 is 1.25 bits per heavy atom. The van der Waals surface area contributed by atoms with Crippen LogP contribution in [0.15, 0.2) is 0 Å². The van der Waals surface area contributed by atoms with Crippen molar-refractivity contribution in [2.45, 2.75) is 70.8 Å². The molecule has 2 unspecified atom stereocenters. The average Bonchev–Trinajstić information content (AvgIpc) is 3.08. The molecule has 1 amide bonds. The SMILES string of the molecule is CCCC(CC1CCCC1)C(=O)NCC1CCCN1.Cl. The molecule has 3 nitrogen and oxygen atoms in total. The average molecular weight is 303 g/mol. The van der Waals surface area contributed by atoms with Crippen molar-refractivity contribution in [2.75, 3.05) is 13.1 Å². The van der Waals surface area contributed by atoms with Crippen LogP contribution in [-0.4, -0.2) is 25.0 Å². The van der Waals surface area contributed by atoms with Crippen molar-refractivity contribution in [3.63, 3.8) is 0 Å². The highest BCUT2D eigenvalue weighted by Gasteiger charge is 2.25. The fourth-order valence-corrected chi connectivity index (χ4v) is 3.65. The summed E-state index contributed by atoms with van der Waals surface area (Å²) in [6.07, 6.45) is 11.2. The number of amides is 1. The van der Waals surface area contributed by atoms with Crippen molar-refractivity contribution in [1.29, 1.82) is 0 Å². The summed E-state index contributed by atoms with van der Waals surface area (Å²) in [5.74, 6) is 1.38. The lowest BCUT2D eigenvalue weighted by Gasteiger charge is -2.21. The molecule has 0 bridgehead atoms. The molecule has 2 atom stereocenters. The number of halogens is 1. The van der Waals surface area contributed by atoms with Gasteiger partial charge in [0.15, 0.2) is 0 Å². The van der Waals surface area contributed by atoms with Gasteiger partial charge in [-0.15, -0.1) is 12.4 Å². The predicted octanol–water partition coefficient (Wildman–Crippen LogP) is 3.27. The molecule has 1 heterocycles. The van der Waals surface area contributed by atoms with Crippen molar-refractivity contribution in [3.8, 4) is 0 Å². The normalized spacial score (nSPS) is 24.4. The summed E-state index contributed by atoms with van der Waals surface area (Å²) in [5.41, 5.74) is 0. The summed E-state index contributed by atoms with van der Waals surface area (Å²) in [5, 5.41) is 6.62. The van der Waals surface area contributed by atoms with Gasteiger partial charge < -0.3 is 10.6 Å². The minimum Gasteiger partial charge on any atom is -0.354 e. The van der Waals surface area contributed by atoms with E-state index in [1.165, 1.54) is 38.5 Å². The van der Waals surface area contributed by atoms with Crippen LogP contribution in [0.1, 0.15) is 64.7 Å². The Labute approximate surface area is 130 Å². The number of hydrogen-bond acceptors (Lipinski definition) is 2. The molecule has 2 aliphatic rings. The summed E-state index contributed by atoms with van der Waals surface area (Å²) < 4.78 is 0. The first-order chi connectivity index (χ1) is 9.29. The zero-order valence-corrected chi connectivity index (χ0v) is 13.6. The standard InChI is InChI=1S/C16H30N2O.ClH/c1-2-6-14(11-13-7-3-4-8-13)16(19)18-12-15-9-5-10-17-15;/h13-15,17H,2-12H2,1H3,(H,18,19);1H. The summed E-state index contributed by atoms with van der Waals surface area (Å²) in [6, 6.07) is 0.512. The highest BCUT2D eigenvalue weighted by molar-refractivity contribution is 5.85. The molecule has 0 spiro atoms. The van der Waals surface area contributed by atoms with Gasteiger partial charge in [-0.1, -0.05) is 39.0 Å². The molecular weight excluding hydrogens is 272 g/mol. The predicted molar refractivity (Wildman–Crippen MR) is 86.3 cm³/mol. The second kappa shape index (κ2) is 9.62. The zero-order chi connectivity index (χ0) is 13.5. The Balaban J connectivity index is 0.00000200. The molecule has 2 fully saturated rings. The largest absolute Gasteiger partial charge is 0.354 e. The first-order valence-corrected chi connectivity index (χ1v) is 8.30. The minimum absolute atomic E-state index is 0. The van der Waals surface area contributed by atoms with Crippen molar-refractivity contribution < 1.29 is 4.79 Å². The Kier molecular flexibility index (Phi) is 8.55. The molecule has 0 aromatic heterocycles. The third kappa shape index (κ3) is 5.61. The molecule has 20 heavy (non-hydrogen) atoms. The van der Waals surface area contributed by atoms with Crippen molar-refractivity contribution in [2.24, 2.45) is 11.8 Å². The second-order valence-electron chi connectivity index (χ2n) is 6.41. The molecule has 2 rings (SSSR count). The van der Waals surface area contributed by atoms with Crippen LogP contribution in [0.2, 0.25) is 0 Å². The summed E-state index contributed by atoms with van der Waals surface area (Å²) in [6.45, 7) is 4.12. The van der Waals surface area contributed by atoms with E-state index in [0.29, 0.717) is 11.9 Å². The minimum atomic E-state index is 0. The third-order valence-corrected chi connectivity index (χ3v) is 4.79. The van der Waals surface area contributed by atoms with Gasteiger partial charge in [0.25, 0.3) is 0 Å². The zero-order valence-electron chi connectivity index (χ0n) is 12.8. The summed E-state index contributed by atoms with van der Waals surface area (Å²) in [4.78, 5) is 12.3. The van der Waals surface area contributed by atoms with Crippen molar-refractivity contribution >= 4 is 18.3 Å². The number of rotatable bonds is 7. The maximum absolute atomic E-state index is 12.3. The lowest BCUT2D eigenvalue weighted by Crippen LogP contribution is -2.40. The van der Waals surface area contributed by atoms with Gasteiger partial charge in [0, 0.05) is 18.5 Å². The van der Waals surface area contributed by atoms with Gasteiger partial charge in [0.05, 0.1) is 0 Å². The second-order valence-corrected chi connectivity index (χ2v) is 6.41. The molecule has 1 aliphatic heterocycles. The van der Waals surface area contributed by atoms with E-state index in [2.05, 4.69) is 17.6 Å². The first-order valence-electron chi connectivity index (χ1n) is 8.30. The molecule has 0 radical (unpaired) electrons. The van der Waals surface area contributed by atoms with Gasteiger partial charge in [0.2, 0.25) is 5.91 Å². The van der Waals surface area contributed by atoms with E-state index in [1.807, 2.05) is 0 Å². The molecule has 0 aromatic carbocycles. The monoisotopic (exact) mass is 302 g/mol. The smallest absolute Gasteiger partial charge is 0.223 e. The topological polar surface area (TPSA) is 41.1 Å². The van der Waals surface area contributed by atoms with Gasteiger partial charge in [-0.05, 0) is 38.1 Å². The fraction of sp³-hybridized carbons (Fsp3) is 0.938. The van der Waals surface area contributed by atoms with Gasteiger partial charge in [-0.25, -0.2) is 0 Å². The van der Waals surface area contributed by atoms with Crippen molar-refractivity contribution in [1.82, 2.24) is 10.6 Å². The van der Waals surface area contributed by atoms with E-state index in [4.69, 9.17) is 0 Å². The molecule has 1 saturated heterocycles. The number of hydrogen-bond donors (Lipinski definition) is 2. The van der Waals surface area contributed by atoms with E-state index in [0.717, 1.165) is 38.3 Å². The van der Waals surface area contributed by atoms with E-state index in [1.54, 1.807) is 0 Å². The molecule has 2 N–H and O–H groups in total. The van der Waals surface area contributed by atoms with Gasteiger partial charge in [-0.2, -0.15) is 0 Å². The van der Waals surface area contributed by atoms with E-state index in [9.17, 15) is 4.79 Å². The van der Waals surface area contributed by atoms with Crippen LogP contribution in [-0.2, 0) is 4.79 Å². The van der Waals surface area contributed by atoms with Gasteiger partial charge >= 0.3 is 0 Å². The highest BCUT2D eigenvalue weighted by Crippen LogP contribution is 2.31. The molecule has 1 aliphatic carbocycles. The Morgan fingerprint density at radius 2 is 2.00 bits per heavy atom. The lowest BCUT2D eigenvalue weighted by atomic mass is 9.89. The van der Waals surface area contributed by atoms with E-state index in [-0.39, 0.29) is 18.3 Å². The van der Waals surface area contributed by atoms with Crippen LogP contribution in [0.3, 0.4) is 0 Å². The summed E-state index contributed by atoms with van der Waals surface area (Å²) >= 11 is 0. The summed E-state index contributed by atoms with van der Waals surface area (Å²) in [7, 11) is 0. The maximum Gasteiger partial charge on any atom is 0.223 e. The lowest BCUT2D eigenvalue weighted by molar-refractivity contribution is -0.125. The van der Waals surface area contributed by atoms with E-state index >= 15 is 0 Å². The number of carbonyl (C=O) groups is 1. The molecule has 4 heteroatoms. The third-order valence-electron chi connectivity index (χ3n) is 4.79. The van der Waals surface area contributed by atoms with Crippen LogP contribution in [0.25, 0.3) is 0 Å². The highest BCUT2D eigenvalue weighted by atomic mass is 35.5. The van der Waals surface area contributed by atoms with Crippen LogP contribution < -0.4 is 10.6 Å². The van der Waals surface area contributed by atoms with Crippen molar-refractivity contribution in [3.05, 3.63) is 0 Å². The van der Waals surface area contributed by atoms with E-state index < -0.39 is 0 Å². The Morgan fingerprint density at radius 3 is 2.60 bits per heavy atom. The molecular formula is C16H31ClN2O. The number of carbonyl (C=O) groups excluding carboxylic acids is 1. The number of nitrogens with one attached hydrogen (secondary N) is 2. The molecule has 118 valence electrons. The van der Waals surface area contributed by atoms with Crippen LogP contribution in [0, 0.1) is 11.8 Å². The Bertz CT molecular complexity index is 274. The first kappa shape index (κ1) is 17.8. The quantitative estimate of drug-likeness (QED) is 0.758. The van der Waals surface area contributed by atoms with Gasteiger partial charge in [-0.3, -0.25) is 4.79 Å². The molecule has 0 aromatic rings. The maximum atomic E-state index is 12.3. The van der Waals surface area contributed by atoms with Crippen LogP contribution >= 0.6 is 12.4 Å². The Hall–Kier alpha value is -0.280. The molecule has 1 saturated carbocycles. The van der Waals surface area contributed by atoms with Gasteiger partial charge in [0.1, 0.15) is 0 Å².